The lowest BCUT2D eigenvalue weighted by molar-refractivity contribution is 0.271. The average molecular weight is 111 g/mol. The molecule has 0 bridgehead atoms. The van der Waals surface area contributed by atoms with Crippen LogP contribution in [0.1, 0.15) is 0 Å². The lowest BCUT2D eigenvalue weighted by atomic mass is 11.8. The fraction of sp³-hybridized carbons (Fsp3) is 1.00. The van der Waals surface area contributed by atoms with Crippen molar-refractivity contribution >= 4 is 8.60 Å². The van der Waals surface area contributed by atoms with Gasteiger partial charge in [0.2, 0.25) is 0 Å². The molecule has 0 fully saturated rings. The molecule has 0 heterocycles. The highest BCUT2D eigenvalue weighted by Crippen LogP contribution is 2.28. The number of hydrogen-bond donors (Lipinski definition) is 1. The minimum absolute atomic E-state index is 1.40. The van der Waals surface area contributed by atoms with Gasteiger partial charge in [0.05, 0.1) is 14.2 Å². The molecule has 0 aromatic carbocycles. The van der Waals surface area contributed by atoms with Crippen LogP contribution in [0.25, 0.3) is 0 Å². The van der Waals surface area contributed by atoms with Gasteiger partial charge in [-0.15, -0.1) is 0 Å². The molecule has 0 spiro atoms. The summed E-state index contributed by atoms with van der Waals surface area (Å²) in [5.74, 6) is 0. The zero-order valence-corrected chi connectivity index (χ0v) is 4.76. The molecule has 0 rings (SSSR count). The molecule has 3 nitrogen and oxygen atoms in total. The van der Waals surface area contributed by atoms with Crippen LogP contribution >= 0.6 is 8.60 Å². The van der Waals surface area contributed by atoms with Crippen molar-refractivity contribution in [2.24, 2.45) is 0 Å². The molecule has 0 saturated carbocycles. The maximum Gasteiger partial charge on any atom is 0.394 e. The maximum absolute atomic E-state index is 8.32. The van der Waals surface area contributed by atoms with Crippen molar-refractivity contribution in [3.63, 3.8) is 0 Å². The average Bonchev–Trinajstić information content (AvgIpc) is 1.65. The smallest absolute Gasteiger partial charge is 0.194 e. The molecular weight excluding hydrogens is 103 g/mol. The zero-order chi connectivity index (χ0) is 4.99. The van der Waals surface area contributed by atoms with Crippen LogP contribution in [0.3, 0.4) is 0 Å². The van der Waals surface area contributed by atoms with Crippen LogP contribution in [0.5, 0.6) is 0 Å². The second-order valence-corrected chi connectivity index (χ2v) is 2.02. The standard InChI is InChI=1S/C2H8O3P/c1-4-6(3)5-2/h3,6H,1-2H3/q+1. The molecule has 1 N–H and O–H groups in total. The van der Waals surface area contributed by atoms with E-state index >= 15 is 0 Å². The van der Waals surface area contributed by atoms with E-state index in [1.165, 1.54) is 14.2 Å². The van der Waals surface area contributed by atoms with Gasteiger partial charge >= 0.3 is 8.60 Å². The predicted molar refractivity (Wildman–Crippen MR) is 24.6 cm³/mol. The van der Waals surface area contributed by atoms with Crippen LogP contribution in [0, 0.1) is 0 Å². The van der Waals surface area contributed by atoms with Crippen molar-refractivity contribution in [2.45, 2.75) is 0 Å². The molecular formula is C2H8O3P+. The van der Waals surface area contributed by atoms with Gasteiger partial charge in [0, 0.05) is 0 Å². The van der Waals surface area contributed by atoms with Crippen LogP contribution in [0.4, 0.5) is 0 Å². The normalized spacial score (nSPS) is 10.0. The Kier molecular flexibility index (Phi) is 3.68. The quantitative estimate of drug-likeness (QED) is 0.518. The molecule has 0 amide bonds. The summed E-state index contributed by atoms with van der Waals surface area (Å²) in [5.41, 5.74) is 0. The summed E-state index contributed by atoms with van der Waals surface area (Å²) in [5, 5.41) is 0. The van der Waals surface area contributed by atoms with Gasteiger partial charge in [-0.2, -0.15) is 13.9 Å². The fourth-order valence-corrected chi connectivity index (χ4v) is 0.250. The van der Waals surface area contributed by atoms with Crippen molar-refractivity contribution < 1.29 is 13.9 Å². The van der Waals surface area contributed by atoms with Gasteiger partial charge in [-0.1, -0.05) is 0 Å². The largest absolute Gasteiger partial charge is 0.394 e. The van der Waals surface area contributed by atoms with Crippen molar-refractivity contribution in [2.75, 3.05) is 14.2 Å². The summed E-state index contributed by atoms with van der Waals surface area (Å²) >= 11 is 0. The van der Waals surface area contributed by atoms with E-state index in [0.29, 0.717) is 0 Å². The van der Waals surface area contributed by atoms with E-state index in [9.17, 15) is 0 Å². The van der Waals surface area contributed by atoms with Gasteiger partial charge in [-0.25, -0.2) is 0 Å². The Morgan fingerprint density at radius 2 is 1.67 bits per heavy atom. The molecule has 4 heteroatoms. The van der Waals surface area contributed by atoms with Crippen LogP contribution in [-0.4, -0.2) is 19.1 Å². The van der Waals surface area contributed by atoms with Crippen molar-refractivity contribution in [3.05, 3.63) is 0 Å². The van der Waals surface area contributed by atoms with Gasteiger partial charge in [0.1, 0.15) is 0 Å². The molecule has 0 aliphatic heterocycles. The summed E-state index contributed by atoms with van der Waals surface area (Å²) in [6, 6.07) is 0. The molecule has 0 unspecified atom stereocenters. The first-order valence-electron chi connectivity index (χ1n) is 1.45. The van der Waals surface area contributed by atoms with Crippen LogP contribution in [0.15, 0.2) is 0 Å². The van der Waals surface area contributed by atoms with Crippen molar-refractivity contribution in [1.82, 2.24) is 0 Å². The van der Waals surface area contributed by atoms with Gasteiger partial charge < -0.3 is 0 Å². The SMILES string of the molecule is CO[PH+](O)OC. The summed E-state index contributed by atoms with van der Waals surface area (Å²) in [4.78, 5) is 8.32. The first kappa shape index (κ1) is 6.31. The Balaban J connectivity index is 2.75. The monoisotopic (exact) mass is 111 g/mol. The molecule has 0 aromatic heterocycles. The van der Waals surface area contributed by atoms with Gasteiger partial charge in [0.15, 0.2) is 0 Å². The molecule has 0 aromatic rings. The highest BCUT2D eigenvalue weighted by Gasteiger charge is 2.03. The highest BCUT2D eigenvalue weighted by molar-refractivity contribution is 7.40. The van der Waals surface area contributed by atoms with Crippen LogP contribution in [-0.2, 0) is 9.05 Å². The third-order valence-electron chi connectivity index (χ3n) is 0.349. The number of rotatable bonds is 2. The first-order chi connectivity index (χ1) is 2.81. The van der Waals surface area contributed by atoms with Crippen LogP contribution < -0.4 is 0 Å². The van der Waals surface area contributed by atoms with Crippen molar-refractivity contribution in [1.29, 1.82) is 0 Å². The zero-order valence-electron chi connectivity index (χ0n) is 3.76. The van der Waals surface area contributed by atoms with Gasteiger partial charge in [-0.3, -0.25) is 0 Å². The molecule has 38 valence electrons. The third kappa shape index (κ3) is 2.54. The van der Waals surface area contributed by atoms with E-state index in [-0.39, 0.29) is 0 Å². The molecule has 0 atom stereocenters. The molecule has 0 aliphatic rings. The first-order valence-corrected chi connectivity index (χ1v) is 2.71. The third-order valence-corrected chi connectivity index (χ3v) is 1.05. The van der Waals surface area contributed by atoms with E-state index in [0.717, 1.165) is 0 Å². The minimum atomic E-state index is -1.87. The minimum Gasteiger partial charge on any atom is -0.194 e. The lowest BCUT2D eigenvalue weighted by Gasteiger charge is -1.88. The molecule has 0 saturated heterocycles. The maximum atomic E-state index is 8.32. The molecule has 0 radical (unpaired) electrons. The highest BCUT2D eigenvalue weighted by atomic mass is 31.2. The van der Waals surface area contributed by atoms with E-state index < -0.39 is 8.60 Å². The second kappa shape index (κ2) is 3.50. The van der Waals surface area contributed by atoms with Crippen LogP contribution in [0.2, 0.25) is 0 Å². The Morgan fingerprint density at radius 3 is 1.67 bits per heavy atom. The topological polar surface area (TPSA) is 38.7 Å². The molecule has 0 aliphatic carbocycles. The van der Waals surface area contributed by atoms with E-state index in [4.69, 9.17) is 4.89 Å². The van der Waals surface area contributed by atoms with Gasteiger partial charge in [0.25, 0.3) is 0 Å². The number of hydrogen-bond acceptors (Lipinski definition) is 3. The van der Waals surface area contributed by atoms with Crippen molar-refractivity contribution in [3.8, 4) is 0 Å². The Labute approximate surface area is 37.9 Å². The summed E-state index contributed by atoms with van der Waals surface area (Å²) in [6.07, 6.45) is 0. The molecule has 6 heavy (non-hydrogen) atoms. The second-order valence-electron chi connectivity index (χ2n) is 0.674. The van der Waals surface area contributed by atoms with Gasteiger partial charge in [-0.05, 0) is 0 Å². The van der Waals surface area contributed by atoms with E-state index in [1.54, 1.807) is 0 Å². The van der Waals surface area contributed by atoms with E-state index in [2.05, 4.69) is 9.05 Å². The summed E-state index contributed by atoms with van der Waals surface area (Å²) in [6.45, 7) is 0. The summed E-state index contributed by atoms with van der Waals surface area (Å²) < 4.78 is 8.67. The lowest BCUT2D eigenvalue weighted by Crippen LogP contribution is -1.75. The summed E-state index contributed by atoms with van der Waals surface area (Å²) in [7, 11) is 0.933. The Bertz CT molecular complexity index is 28.0. The predicted octanol–water partition coefficient (Wildman–Crippen LogP) is 0.231. The Morgan fingerprint density at radius 1 is 1.33 bits per heavy atom. The Hall–Kier alpha value is 0.310. The fourth-order valence-electron chi connectivity index (χ4n) is 0.0833. The van der Waals surface area contributed by atoms with E-state index in [1.807, 2.05) is 0 Å².